The van der Waals surface area contributed by atoms with E-state index in [1.54, 1.807) is 13.3 Å². The maximum atomic E-state index is 5.49. The first-order chi connectivity index (χ1) is 10.1. The third-order valence-corrected chi connectivity index (χ3v) is 4.72. The number of methoxy groups -OCH3 is 1. The lowest BCUT2D eigenvalue weighted by molar-refractivity contribution is -0.0979. The van der Waals surface area contributed by atoms with E-state index in [1.165, 1.54) is 5.56 Å². The standard InChI is InChI=1S/C17H23N3O/c1-17(2)15(11-16(17)21-3)18-12-13-5-7-14(8-6-13)20-10-4-9-19-20/h4-10,15-16,18H,11-12H2,1-3H3. The molecule has 0 bridgehead atoms. The fraction of sp³-hybridized carbons (Fsp3) is 0.471. The second kappa shape index (κ2) is 5.62. The number of aromatic nitrogens is 2. The van der Waals surface area contributed by atoms with Crippen LogP contribution in [0.5, 0.6) is 0 Å². The Morgan fingerprint density at radius 2 is 2.10 bits per heavy atom. The molecule has 1 aliphatic carbocycles. The van der Waals surface area contributed by atoms with Gasteiger partial charge in [-0.1, -0.05) is 26.0 Å². The molecule has 2 unspecified atom stereocenters. The summed E-state index contributed by atoms with van der Waals surface area (Å²) in [5.74, 6) is 0. The van der Waals surface area contributed by atoms with Gasteiger partial charge in [-0.3, -0.25) is 0 Å². The van der Waals surface area contributed by atoms with Crippen LogP contribution in [0.1, 0.15) is 25.8 Å². The van der Waals surface area contributed by atoms with E-state index in [9.17, 15) is 0 Å². The van der Waals surface area contributed by atoms with E-state index >= 15 is 0 Å². The minimum atomic E-state index is 0.212. The molecule has 4 nitrogen and oxygen atoms in total. The molecule has 112 valence electrons. The van der Waals surface area contributed by atoms with E-state index in [1.807, 2.05) is 16.9 Å². The first-order valence-corrected chi connectivity index (χ1v) is 7.46. The van der Waals surface area contributed by atoms with Crippen LogP contribution in [-0.4, -0.2) is 29.0 Å². The zero-order chi connectivity index (χ0) is 14.9. The zero-order valence-electron chi connectivity index (χ0n) is 12.9. The maximum absolute atomic E-state index is 5.49. The average molecular weight is 285 g/mol. The van der Waals surface area contributed by atoms with Crippen LogP contribution in [0.25, 0.3) is 5.69 Å². The Morgan fingerprint density at radius 1 is 1.33 bits per heavy atom. The highest BCUT2D eigenvalue weighted by Crippen LogP contribution is 2.42. The van der Waals surface area contributed by atoms with Crippen molar-refractivity contribution in [2.45, 2.75) is 39.0 Å². The predicted octanol–water partition coefficient (Wildman–Crippen LogP) is 2.78. The Morgan fingerprint density at radius 3 is 2.67 bits per heavy atom. The molecule has 4 heteroatoms. The summed E-state index contributed by atoms with van der Waals surface area (Å²) < 4.78 is 7.36. The lowest BCUT2D eigenvalue weighted by Crippen LogP contribution is -2.60. The molecule has 0 saturated heterocycles. The molecule has 1 aliphatic rings. The monoisotopic (exact) mass is 285 g/mol. The van der Waals surface area contributed by atoms with Gasteiger partial charge in [-0.2, -0.15) is 5.10 Å². The van der Waals surface area contributed by atoms with E-state index in [-0.39, 0.29) is 5.41 Å². The molecular formula is C17H23N3O. The highest BCUT2D eigenvalue weighted by atomic mass is 16.5. The van der Waals surface area contributed by atoms with Gasteiger partial charge in [-0.25, -0.2) is 4.68 Å². The number of hydrogen-bond acceptors (Lipinski definition) is 3. The van der Waals surface area contributed by atoms with Crippen LogP contribution in [0.3, 0.4) is 0 Å². The molecule has 2 aromatic rings. The first-order valence-electron chi connectivity index (χ1n) is 7.46. The van der Waals surface area contributed by atoms with Crippen LogP contribution in [0.2, 0.25) is 0 Å². The molecule has 1 aromatic heterocycles. The molecule has 1 heterocycles. The van der Waals surface area contributed by atoms with E-state index in [0.29, 0.717) is 12.1 Å². The van der Waals surface area contributed by atoms with Crippen molar-refractivity contribution in [3.05, 3.63) is 48.3 Å². The summed E-state index contributed by atoms with van der Waals surface area (Å²) in [6.07, 6.45) is 5.21. The molecule has 3 rings (SSSR count). The Balaban J connectivity index is 1.57. The van der Waals surface area contributed by atoms with Crippen LogP contribution in [0.4, 0.5) is 0 Å². The van der Waals surface area contributed by atoms with Gasteiger partial charge in [0.05, 0.1) is 11.8 Å². The summed E-state index contributed by atoms with van der Waals surface area (Å²) in [5.41, 5.74) is 2.60. The number of rotatable bonds is 5. The molecular weight excluding hydrogens is 262 g/mol. The fourth-order valence-corrected chi connectivity index (χ4v) is 3.06. The van der Waals surface area contributed by atoms with Crippen LogP contribution >= 0.6 is 0 Å². The van der Waals surface area contributed by atoms with Crippen molar-refractivity contribution in [3.63, 3.8) is 0 Å². The first kappa shape index (κ1) is 14.3. The van der Waals surface area contributed by atoms with Crippen LogP contribution in [0.15, 0.2) is 42.7 Å². The van der Waals surface area contributed by atoms with E-state index < -0.39 is 0 Å². The minimum Gasteiger partial charge on any atom is -0.381 e. The van der Waals surface area contributed by atoms with Gasteiger partial charge in [-0.15, -0.1) is 0 Å². The van der Waals surface area contributed by atoms with Gasteiger partial charge in [0.2, 0.25) is 0 Å². The van der Waals surface area contributed by atoms with Gasteiger partial charge in [0.15, 0.2) is 0 Å². The van der Waals surface area contributed by atoms with Gasteiger partial charge < -0.3 is 10.1 Å². The highest BCUT2D eigenvalue weighted by Gasteiger charge is 2.48. The number of benzene rings is 1. The van der Waals surface area contributed by atoms with Crippen molar-refractivity contribution in [2.75, 3.05) is 7.11 Å². The topological polar surface area (TPSA) is 39.1 Å². The lowest BCUT2D eigenvalue weighted by Gasteiger charge is -2.51. The number of hydrogen-bond donors (Lipinski definition) is 1. The Hall–Kier alpha value is -1.65. The van der Waals surface area contributed by atoms with Gasteiger partial charge in [-0.05, 0) is 30.2 Å². The second-order valence-electron chi connectivity index (χ2n) is 6.33. The molecule has 1 N–H and O–H groups in total. The molecule has 0 amide bonds. The molecule has 1 saturated carbocycles. The normalized spacial score (nSPS) is 23.8. The summed E-state index contributed by atoms with van der Waals surface area (Å²) in [6.45, 7) is 5.43. The Labute approximate surface area is 126 Å². The largest absolute Gasteiger partial charge is 0.381 e. The third kappa shape index (κ3) is 2.74. The minimum absolute atomic E-state index is 0.212. The molecule has 21 heavy (non-hydrogen) atoms. The van der Waals surface area contributed by atoms with Gasteiger partial charge in [0, 0.05) is 37.5 Å². The van der Waals surface area contributed by atoms with E-state index in [2.05, 4.69) is 48.5 Å². The van der Waals surface area contributed by atoms with Crippen molar-refractivity contribution in [1.82, 2.24) is 15.1 Å². The van der Waals surface area contributed by atoms with Crippen molar-refractivity contribution in [3.8, 4) is 5.69 Å². The summed E-state index contributed by atoms with van der Waals surface area (Å²) in [6, 6.07) is 11.0. The summed E-state index contributed by atoms with van der Waals surface area (Å²) in [5, 5.41) is 7.88. The van der Waals surface area contributed by atoms with E-state index in [4.69, 9.17) is 4.74 Å². The lowest BCUT2D eigenvalue weighted by atomic mass is 9.64. The molecule has 1 fully saturated rings. The zero-order valence-corrected chi connectivity index (χ0v) is 12.9. The van der Waals surface area contributed by atoms with Gasteiger partial charge in [0.1, 0.15) is 0 Å². The van der Waals surface area contributed by atoms with Crippen molar-refractivity contribution >= 4 is 0 Å². The second-order valence-corrected chi connectivity index (χ2v) is 6.33. The van der Waals surface area contributed by atoms with Crippen LogP contribution < -0.4 is 5.32 Å². The molecule has 0 radical (unpaired) electrons. The average Bonchev–Trinajstić information content (AvgIpc) is 3.01. The SMILES string of the molecule is COC1CC(NCc2ccc(-n3cccn3)cc2)C1(C)C. The number of ether oxygens (including phenoxy) is 1. The van der Waals surface area contributed by atoms with Crippen LogP contribution in [-0.2, 0) is 11.3 Å². The predicted molar refractivity (Wildman–Crippen MR) is 83.4 cm³/mol. The summed E-state index contributed by atoms with van der Waals surface area (Å²) >= 11 is 0. The van der Waals surface area contributed by atoms with Crippen molar-refractivity contribution in [1.29, 1.82) is 0 Å². The Bertz CT molecular complexity index is 575. The molecule has 0 spiro atoms. The van der Waals surface area contributed by atoms with Gasteiger partial charge in [0.25, 0.3) is 0 Å². The molecule has 2 atom stereocenters. The van der Waals surface area contributed by atoms with Crippen molar-refractivity contribution < 1.29 is 4.74 Å². The fourth-order valence-electron chi connectivity index (χ4n) is 3.06. The number of nitrogens with zero attached hydrogens (tertiary/aromatic N) is 2. The van der Waals surface area contributed by atoms with E-state index in [0.717, 1.165) is 18.7 Å². The maximum Gasteiger partial charge on any atom is 0.0652 e. The summed E-state index contributed by atoms with van der Waals surface area (Å²) in [7, 11) is 1.80. The van der Waals surface area contributed by atoms with Gasteiger partial charge >= 0.3 is 0 Å². The molecule has 0 aliphatic heterocycles. The Kier molecular flexibility index (Phi) is 3.83. The third-order valence-electron chi connectivity index (χ3n) is 4.72. The number of nitrogens with one attached hydrogen (secondary N) is 1. The van der Waals surface area contributed by atoms with Crippen molar-refractivity contribution in [2.24, 2.45) is 5.41 Å². The smallest absolute Gasteiger partial charge is 0.0652 e. The van der Waals surface area contributed by atoms with Crippen LogP contribution in [0, 0.1) is 5.41 Å². The quantitative estimate of drug-likeness (QED) is 0.918. The highest BCUT2D eigenvalue weighted by molar-refractivity contribution is 5.33. The summed E-state index contributed by atoms with van der Waals surface area (Å²) in [4.78, 5) is 0. The molecule has 1 aromatic carbocycles.